The standard InChI is InChI=1S/C13H16BrCl2NO/c1-8(2)6-9(7-15)17-13(18)10-4-3-5-11(14)12(10)16/h3-5,8-9H,6-7H2,1-2H3,(H,17,18). The van der Waals surface area contributed by atoms with Crippen LogP contribution in [-0.2, 0) is 0 Å². The van der Waals surface area contributed by atoms with Crippen molar-refractivity contribution in [2.45, 2.75) is 26.3 Å². The second kappa shape index (κ2) is 7.37. The Morgan fingerprint density at radius 2 is 2.11 bits per heavy atom. The van der Waals surface area contributed by atoms with Gasteiger partial charge in [0.25, 0.3) is 5.91 Å². The zero-order chi connectivity index (χ0) is 13.7. The van der Waals surface area contributed by atoms with Gasteiger partial charge in [0.15, 0.2) is 0 Å². The predicted octanol–water partition coefficient (Wildman–Crippen LogP) is 4.49. The molecule has 0 spiro atoms. The molecule has 0 saturated carbocycles. The molecule has 0 heterocycles. The van der Waals surface area contributed by atoms with Crippen molar-refractivity contribution in [2.24, 2.45) is 5.92 Å². The van der Waals surface area contributed by atoms with E-state index in [-0.39, 0.29) is 11.9 Å². The minimum absolute atomic E-state index is 0.0331. The van der Waals surface area contributed by atoms with Crippen LogP contribution < -0.4 is 5.32 Å². The van der Waals surface area contributed by atoms with E-state index in [0.717, 1.165) is 6.42 Å². The van der Waals surface area contributed by atoms with Gasteiger partial charge in [-0.1, -0.05) is 31.5 Å². The first-order valence-corrected chi connectivity index (χ1v) is 7.47. The van der Waals surface area contributed by atoms with Crippen LogP contribution in [0.5, 0.6) is 0 Å². The fraction of sp³-hybridized carbons (Fsp3) is 0.462. The molecular weight excluding hydrogens is 337 g/mol. The number of benzene rings is 1. The van der Waals surface area contributed by atoms with Crippen molar-refractivity contribution in [3.63, 3.8) is 0 Å². The van der Waals surface area contributed by atoms with Crippen molar-refractivity contribution in [2.75, 3.05) is 5.88 Å². The van der Waals surface area contributed by atoms with Gasteiger partial charge in [0.1, 0.15) is 0 Å². The average Bonchev–Trinajstić information content (AvgIpc) is 2.31. The molecule has 0 saturated heterocycles. The summed E-state index contributed by atoms with van der Waals surface area (Å²) in [4.78, 5) is 12.1. The lowest BCUT2D eigenvalue weighted by molar-refractivity contribution is 0.0937. The van der Waals surface area contributed by atoms with Gasteiger partial charge in [-0.2, -0.15) is 0 Å². The van der Waals surface area contributed by atoms with E-state index in [2.05, 4.69) is 35.1 Å². The molecule has 1 aromatic carbocycles. The lowest BCUT2D eigenvalue weighted by atomic mass is 10.0. The summed E-state index contributed by atoms with van der Waals surface area (Å²) in [6, 6.07) is 5.24. The molecule has 5 heteroatoms. The first kappa shape index (κ1) is 15.8. The third-order valence-electron chi connectivity index (χ3n) is 2.47. The van der Waals surface area contributed by atoms with Crippen LogP contribution in [0, 0.1) is 5.92 Å². The molecule has 18 heavy (non-hydrogen) atoms. The SMILES string of the molecule is CC(C)CC(CCl)NC(=O)c1cccc(Br)c1Cl. The van der Waals surface area contributed by atoms with Crippen molar-refractivity contribution < 1.29 is 4.79 Å². The number of rotatable bonds is 5. The van der Waals surface area contributed by atoms with Gasteiger partial charge in [-0.15, -0.1) is 11.6 Å². The molecule has 0 bridgehead atoms. The van der Waals surface area contributed by atoms with E-state index < -0.39 is 0 Å². The Hall–Kier alpha value is -0.250. The van der Waals surface area contributed by atoms with Gasteiger partial charge < -0.3 is 5.32 Å². The summed E-state index contributed by atoms with van der Waals surface area (Å²) in [6.07, 6.45) is 0.848. The van der Waals surface area contributed by atoms with Crippen LogP contribution in [0.25, 0.3) is 0 Å². The maximum atomic E-state index is 12.1. The fourth-order valence-corrected chi connectivity index (χ4v) is 2.45. The van der Waals surface area contributed by atoms with Gasteiger partial charge in [0.05, 0.1) is 10.6 Å². The molecule has 0 aliphatic heterocycles. The van der Waals surface area contributed by atoms with Crippen LogP contribution in [0.3, 0.4) is 0 Å². The Bertz CT molecular complexity index is 423. The van der Waals surface area contributed by atoms with Crippen LogP contribution in [0.2, 0.25) is 5.02 Å². The summed E-state index contributed by atoms with van der Waals surface area (Å²) in [6.45, 7) is 4.19. The summed E-state index contributed by atoms with van der Waals surface area (Å²) in [5.41, 5.74) is 0.463. The molecule has 0 radical (unpaired) electrons. The summed E-state index contributed by atoms with van der Waals surface area (Å²) in [5, 5.41) is 3.33. The van der Waals surface area contributed by atoms with Crippen LogP contribution in [0.4, 0.5) is 0 Å². The van der Waals surface area contributed by atoms with E-state index in [9.17, 15) is 4.79 Å². The highest BCUT2D eigenvalue weighted by molar-refractivity contribution is 9.10. The molecule has 2 nitrogen and oxygen atoms in total. The van der Waals surface area contributed by atoms with Crippen LogP contribution in [-0.4, -0.2) is 17.8 Å². The molecule has 1 rings (SSSR count). The number of hydrogen-bond acceptors (Lipinski definition) is 1. The Kier molecular flexibility index (Phi) is 6.47. The summed E-state index contributed by atoms with van der Waals surface area (Å²) >= 11 is 15.2. The zero-order valence-electron chi connectivity index (χ0n) is 10.3. The van der Waals surface area contributed by atoms with E-state index in [4.69, 9.17) is 23.2 Å². The Morgan fingerprint density at radius 3 is 2.67 bits per heavy atom. The summed E-state index contributed by atoms with van der Waals surface area (Å²) < 4.78 is 0.711. The quantitative estimate of drug-likeness (QED) is 0.777. The maximum Gasteiger partial charge on any atom is 0.253 e. The van der Waals surface area contributed by atoms with E-state index in [1.54, 1.807) is 18.2 Å². The fourth-order valence-electron chi connectivity index (χ4n) is 1.67. The first-order chi connectivity index (χ1) is 8.45. The number of nitrogens with one attached hydrogen (secondary N) is 1. The van der Waals surface area contributed by atoms with Crippen molar-refractivity contribution in [1.29, 1.82) is 0 Å². The topological polar surface area (TPSA) is 29.1 Å². The lowest BCUT2D eigenvalue weighted by Crippen LogP contribution is -2.37. The highest BCUT2D eigenvalue weighted by Gasteiger charge is 2.17. The molecule has 0 fully saturated rings. The monoisotopic (exact) mass is 351 g/mol. The third-order valence-corrected chi connectivity index (χ3v) is 4.14. The smallest absolute Gasteiger partial charge is 0.253 e. The number of amides is 1. The van der Waals surface area contributed by atoms with Gasteiger partial charge in [0, 0.05) is 16.4 Å². The number of hydrogen-bond donors (Lipinski definition) is 1. The normalized spacial score (nSPS) is 12.6. The Balaban J connectivity index is 2.78. The van der Waals surface area contributed by atoms with Crippen molar-refractivity contribution in [1.82, 2.24) is 5.32 Å². The van der Waals surface area contributed by atoms with Crippen LogP contribution in [0.15, 0.2) is 22.7 Å². The molecule has 100 valence electrons. The molecule has 1 amide bonds. The van der Waals surface area contributed by atoms with Gasteiger partial charge in [-0.05, 0) is 40.4 Å². The first-order valence-electron chi connectivity index (χ1n) is 5.76. The van der Waals surface area contributed by atoms with E-state index in [1.807, 2.05) is 0 Å². The number of carbonyl (C=O) groups excluding carboxylic acids is 1. The zero-order valence-corrected chi connectivity index (χ0v) is 13.4. The number of alkyl halides is 1. The van der Waals surface area contributed by atoms with Crippen molar-refractivity contribution in [3.05, 3.63) is 33.3 Å². The van der Waals surface area contributed by atoms with E-state index in [0.29, 0.717) is 26.9 Å². The van der Waals surface area contributed by atoms with Gasteiger partial charge in [-0.25, -0.2) is 0 Å². The van der Waals surface area contributed by atoms with Gasteiger partial charge in [-0.3, -0.25) is 4.79 Å². The second-order valence-corrected chi connectivity index (χ2v) is 6.10. The highest BCUT2D eigenvalue weighted by atomic mass is 79.9. The number of carbonyl (C=O) groups is 1. The molecule has 1 aromatic rings. The van der Waals surface area contributed by atoms with Crippen molar-refractivity contribution in [3.8, 4) is 0 Å². The van der Waals surface area contributed by atoms with E-state index >= 15 is 0 Å². The summed E-state index contributed by atoms with van der Waals surface area (Å²) in [5.74, 6) is 0.690. The molecule has 1 atom stereocenters. The predicted molar refractivity (Wildman–Crippen MR) is 80.6 cm³/mol. The van der Waals surface area contributed by atoms with Gasteiger partial charge in [0.2, 0.25) is 0 Å². The molecule has 1 N–H and O–H groups in total. The minimum Gasteiger partial charge on any atom is -0.348 e. The summed E-state index contributed by atoms with van der Waals surface area (Å²) in [7, 11) is 0. The number of halogens is 3. The van der Waals surface area contributed by atoms with Gasteiger partial charge >= 0.3 is 0 Å². The molecule has 0 aliphatic carbocycles. The molecular formula is C13H16BrCl2NO. The van der Waals surface area contributed by atoms with Crippen LogP contribution in [0.1, 0.15) is 30.6 Å². The largest absolute Gasteiger partial charge is 0.348 e. The minimum atomic E-state index is -0.187. The molecule has 0 aliphatic rings. The van der Waals surface area contributed by atoms with Crippen molar-refractivity contribution >= 4 is 45.0 Å². The molecule has 0 aromatic heterocycles. The Morgan fingerprint density at radius 1 is 1.44 bits per heavy atom. The molecule has 1 unspecified atom stereocenters. The van der Waals surface area contributed by atoms with Crippen LogP contribution >= 0.6 is 39.1 Å². The average molecular weight is 353 g/mol. The maximum absolute atomic E-state index is 12.1. The highest BCUT2D eigenvalue weighted by Crippen LogP contribution is 2.26. The van der Waals surface area contributed by atoms with E-state index in [1.165, 1.54) is 0 Å². The second-order valence-electron chi connectivity index (χ2n) is 4.56. The Labute approximate surface area is 126 Å². The lowest BCUT2D eigenvalue weighted by Gasteiger charge is -2.18. The third kappa shape index (κ3) is 4.45.